The predicted octanol–water partition coefficient (Wildman–Crippen LogP) is 3.36. The number of benzene rings is 1. The van der Waals surface area contributed by atoms with Crippen LogP contribution in [0.3, 0.4) is 0 Å². The number of hydrogen-bond donors (Lipinski definition) is 2. The third kappa shape index (κ3) is 5.51. The van der Waals surface area contributed by atoms with Crippen LogP contribution in [0.25, 0.3) is 0 Å². The molecule has 0 aliphatic rings. The van der Waals surface area contributed by atoms with E-state index >= 15 is 0 Å². The van der Waals surface area contributed by atoms with E-state index in [4.69, 9.17) is 16.7 Å². The summed E-state index contributed by atoms with van der Waals surface area (Å²) in [5, 5.41) is 12.4. The van der Waals surface area contributed by atoms with Crippen LogP contribution < -0.4 is 5.32 Å². The van der Waals surface area contributed by atoms with E-state index in [0.717, 1.165) is 24.8 Å². The molecule has 0 aliphatic carbocycles. The molecule has 112 valence electrons. The molecule has 0 saturated heterocycles. The zero-order valence-electron chi connectivity index (χ0n) is 12.2. The second-order valence-electron chi connectivity index (χ2n) is 5.35. The van der Waals surface area contributed by atoms with Gasteiger partial charge in [-0.15, -0.1) is 0 Å². The van der Waals surface area contributed by atoms with Crippen LogP contribution >= 0.6 is 11.6 Å². The number of nitrogens with one attached hydrogen (secondary N) is 1. The summed E-state index contributed by atoms with van der Waals surface area (Å²) in [7, 11) is 0. The Balaban J connectivity index is 2.57. The average molecular weight is 298 g/mol. The molecule has 0 aliphatic heterocycles. The monoisotopic (exact) mass is 297 g/mol. The molecule has 1 atom stereocenters. The Hall–Kier alpha value is -1.06. The molecule has 1 aromatic rings. The summed E-state index contributed by atoms with van der Waals surface area (Å²) in [4.78, 5) is 12.3. The summed E-state index contributed by atoms with van der Waals surface area (Å²) >= 11 is 5.89. The van der Waals surface area contributed by atoms with Gasteiger partial charge in [-0.1, -0.05) is 37.6 Å². The first kappa shape index (κ1) is 17.0. The van der Waals surface area contributed by atoms with Crippen LogP contribution in [-0.2, 0) is 4.79 Å². The third-order valence-corrected chi connectivity index (χ3v) is 3.56. The number of aliphatic hydroxyl groups is 1. The van der Waals surface area contributed by atoms with Gasteiger partial charge < -0.3 is 10.4 Å². The van der Waals surface area contributed by atoms with Crippen LogP contribution in [0, 0.1) is 5.92 Å². The Bertz CT molecular complexity index is 403. The molecule has 4 heteroatoms. The summed E-state index contributed by atoms with van der Waals surface area (Å²) in [6.07, 6.45) is 2.63. The maximum atomic E-state index is 12.3. The number of hydrogen-bond acceptors (Lipinski definition) is 2. The molecule has 0 heterocycles. The van der Waals surface area contributed by atoms with E-state index in [1.54, 1.807) is 0 Å². The van der Waals surface area contributed by atoms with Gasteiger partial charge in [-0.25, -0.2) is 0 Å². The Morgan fingerprint density at radius 1 is 1.20 bits per heavy atom. The first-order valence-corrected chi connectivity index (χ1v) is 7.58. The van der Waals surface area contributed by atoms with Crippen molar-refractivity contribution in [1.82, 2.24) is 5.32 Å². The third-order valence-electron chi connectivity index (χ3n) is 3.31. The van der Waals surface area contributed by atoms with E-state index < -0.39 is 0 Å². The van der Waals surface area contributed by atoms with E-state index in [-0.39, 0.29) is 24.3 Å². The Morgan fingerprint density at radius 3 is 2.40 bits per heavy atom. The van der Waals surface area contributed by atoms with Gasteiger partial charge in [0.2, 0.25) is 5.91 Å². The summed E-state index contributed by atoms with van der Waals surface area (Å²) in [6.45, 7) is 4.97. The molecule has 0 spiro atoms. The lowest BCUT2D eigenvalue weighted by Crippen LogP contribution is -2.32. The fraction of sp³-hybridized carbons (Fsp3) is 0.562. The van der Waals surface area contributed by atoms with Crippen molar-refractivity contribution in [3.05, 3.63) is 34.9 Å². The van der Waals surface area contributed by atoms with E-state index in [1.807, 2.05) is 38.1 Å². The number of halogens is 1. The van der Waals surface area contributed by atoms with Crippen LogP contribution in [0.15, 0.2) is 24.3 Å². The molecule has 1 amide bonds. The fourth-order valence-corrected chi connectivity index (χ4v) is 2.37. The SMILES string of the molecule is CC(C)C(C(=O)NCCCCCO)c1ccc(Cl)cc1. The lowest BCUT2D eigenvalue weighted by Gasteiger charge is -2.21. The summed E-state index contributed by atoms with van der Waals surface area (Å²) < 4.78 is 0. The summed E-state index contributed by atoms with van der Waals surface area (Å²) in [6, 6.07) is 7.47. The smallest absolute Gasteiger partial charge is 0.227 e. The minimum Gasteiger partial charge on any atom is -0.396 e. The van der Waals surface area contributed by atoms with Crippen molar-refractivity contribution in [1.29, 1.82) is 0 Å². The van der Waals surface area contributed by atoms with Gasteiger partial charge in [0, 0.05) is 18.2 Å². The molecule has 0 radical (unpaired) electrons. The number of carbonyl (C=O) groups is 1. The van der Waals surface area contributed by atoms with Gasteiger partial charge in [0.05, 0.1) is 5.92 Å². The molecule has 1 unspecified atom stereocenters. The molecular formula is C16H24ClNO2. The van der Waals surface area contributed by atoms with E-state index in [1.165, 1.54) is 0 Å². The molecule has 1 rings (SSSR count). The van der Waals surface area contributed by atoms with Crippen molar-refractivity contribution in [3.63, 3.8) is 0 Å². The lowest BCUT2D eigenvalue weighted by molar-refractivity contribution is -0.123. The first-order chi connectivity index (χ1) is 9.56. The van der Waals surface area contributed by atoms with Crippen molar-refractivity contribution in [2.45, 2.75) is 39.0 Å². The van der Waals surface area contributed by atoms with Crippen molar-refractivity contribution in [2.24, 2.45) is 5.92 Å². The van der Waals surface area contributed by atoms with Gasteiger partial charge in [0.1, 0.15) is 0 Å². The van der Waals surface area contributed by atoms with E-state index in [9.17, 15) is 4.79 Å². The van der Waals surface area contributed by atoms with Gasteiger partial charge >= 0.3 is 0 Å². The van der Waals surface area contributed by atoms with Gasteiger partial charge in [-0.05, 0) is 42.9 Å². The molecule has 0 aromatic heterocycles. The van der Waals surface area contributed by atoms with Crippen LogP contribution in [0.4, 0.5) is 0 Å². The number of aliphatic hydroxyl groups excluding tert-OH is 1. The fourth-order valence-electron chi connectivity index (χ4n) is 2.24. The normalized spacial score (nSPS) is 12.4. The highest BCUT2D eigenvalue weighted by molar-refractivity contribution is 6.30. The summed E-state index contributed by atoms with van der Waals surface area (Å²) in [5.74, 6) is 0.144. The number of unbranched alkanes of at least 4 members (excludes halogenated alkanes) is 2. The highest BCUT2D eigenvalue weighted by atomic mass is 35.5. The van der Waals surface area contributed by atoms with Gasteiger partial charge in [-0.3, -0.25) is 4.79 Å². The standard InChI is InChI=1S/C16H24ClNO2/c1-12(2)15(13-6-8-14(17)9-7-13)16(20)18-10-4-3-5-11-19/h6-9,12,15,19H,3-5,10-11H2,1-2H3,(H,18,20). The van der Waals surface area contributed by atoms with Crippen molar-refractivity contribution < 1.29 is 9.90 Å². The maximum absolute atomic E-state index is 12.3. The Kier molecular flexibility index (Phi) is 7.63. The molecular weight excluding hydrogens is 274 g/mol. The van der Waals surface area contributed by atoms with Gasteiger partial charge in [-0.2, -0.15) is 0 Å². The van der Waals surface area contributed by atoms with E-state index in [2.05, 4.69) is 5.32 Å². The zero-order chi connectivity index (χ0) is 15.0. The first-order valence-electron chi connectivity index (χ1n) is 7.20. The van der Waals surface area contributed by atoms with Crippen LogP contribution in [0.2, 0.25) is 5.02 Å². The van der Waals surface area contributed by atoms with Crippen LogP contribution in [-0.4, -0.2) is 24.2 Å². The van der Waals surface area contributed by atoms with Crippen LogP contribution in [0.1, 0.15) is 44.6 Å². The molecule has 0 bridgehead atoms. The second-order valence-corrected chi connectivity index (χ2v) is 5.78. The number of carbonyl (C=O) groups excluding carboxylic acids is 1. The highest BCUT2D eigenvalue weighted by Gasteiger charge is 2.23. The number of amides is 1. The van der Waals surface area contributed by atoms with E-state index in [0.29, 0.717) is 11.6 Å². The van der Waals surface area contributed by atoms with Crippen molar-refractivity contribution >= 4 is 17.5 Å². The minimum atomic E-state index is -0.148. The Labute approximate surface area is 126 Å². The zero-order valence-corrected chi connectivity index (χ0v) is 13.0. The topological polar surface area (TPSA) is 49.3 Å². The highest BCUT2D eigenvalue weighted by Crippen LogP contribution is 2.25. The van der Waals surface area contributed by atoms with Crippen molar-refractivity contribution in [3.8, 4) is 0 Å². The van der Waals surface area contributed by atoms with Gasteiger partial charge in [0.25, 0.3) is 0 Å². The lowest BCUT2D eigenvalue weighted by atomic mass is 9.87. The average Bonchev–Trinajstić information content (AvgIpc) is 2.40. The molecule has 0 saturated carbocycles. The molecule has 20 heavy (non-hydrogen) atoms. The van der Waals surface area contributed by atoms with Crippen LogP contribution in [0.5, 0.6) is 0 Å². The predicted molar refractivity (Wildman–Crippen MR) is 83.0 cm³/mol. The molecule has 1 aromatic carbocycles. The molecule has 0 fully saturated rings. The second kappa shape index (κ2) is 8.98. The van der Waals surface area contributed by atoms with Crippen molar-refractivity contribution in [2.75, 3.05) is 13.2 Å². The largest absolute Gasteiger partial charge is 0.396 e. The molecule has 3 nitrogen and oxygen atoms in total. The minimum absolute atomic E-state index is 0.0614. The summed E-state index contributed by atoms with van der Waals surface area (Å²) in [5.41, 5.74) is 0.997. The number of rotatable bonds is 8. The van der Waals surface area contributed by atoms with Gasteiger partial charge in [0.15, 0.2) is 0 Å². The molecule has 2 N–H and O–H groups in total. The quantitative estimate of drug-likeness (QED) is 0.723. The Morgan fingerprint density at radius 2 is 1.85 bits per heavy atom. The maximum Gasteiger partial charge on any atom is 0.227 e.